The van der Waals surface area contributed by atoms with Gasteiger partial charge in [0.2, 0.25) is 5.91 Å². The van der Waals surface area contributed by atoms with Crippen molar-refractivity contribution in [3.8, 4) is 0 Å². The van der Waals surface area contributed by atoms with Crippen LogP contribution in [0, 0.1) is 5.92 Å². The predicted molar refractivity (Wildman–Crippen MR) is 92.2 cm³/mol. The van der Waals surface area contributed by atoms with E-state index in [4.69, 9.17) is 5.11 Å². The van der Waals surface area contributed by atoms with Crippen molar-refractivity contribution in [1.82, 2.24) is 9.80 Å². The van der Waals surface area contributed by atoms with Crippen molar-refractivity contribution in [3.05, 3.63) is 29.8 Å². The molecule has 1 heterocycles. The van der Waals surface area contributed by atoms with E-state index in [9.17, 15) is 23.2 Å². The zero-order valence-corrected chi connectivity index (χ0v) is 15.0. The van der Waals surface area contributed by atoms with Gasteiger partial charge in [0.1, 0.15) is 0 Å². The van der Waals surface area contributed by atoms with Crippen LogP contribution in [0.2, 0.25) is 0 Å². The fourth-order valence-electron chi connectivity index (χ4n) is 2.78. The molecular weight excluding hydrogens is 366 g/mol. The lowest BCUT2D eigenvalue weighted by Gasteiger charge is -2.32. The number of carbonyl (C=O) groups is 3. The van der Waals surface area contributed by atoms with E-state index in [1.165, 1.54) is 41.1 Å². The number of amides is 2. The number of alkyl halides is 2. The first-order chi connectivity index (χ1) is 12.3. The first-order valence-electron chi connectivity index (χ1n) is 8.09. The Morgan fingerprint density at radius 3 is 2.54 bits per heavy atom. The molecule has 0 aromatic heterocycles. The molecule has 1 fully saturated rings. The van der Waals surface area contributed by atoms with Gasteiger partial charge in [-0.2, -0.15) is 8.78 Å². The topological polar surface area (TPSA) is 77.9 Å². The summed E-state index contributed by atoms with van der Waals surface area (Å²) in [6.07, 6.45) is 1.15. The average Bonchev–Trinajstić information content (AvgIpc) is 2.61. The molecule has 1 aromatic carbocycles. The van der Waals surface area contributed by atoms with Gasteiger partial charge in [-0.05, 0) is 37.1 Å². The molecule has 9 heteroatoms. The van der Waals surface area contributed by atoms with Gasteiger partial charge in [0, 0.05) is 30.6 Å². The highest BCUT2D eigenvalue weighted by molar-refractivity contribution is 7.99. The summed E-state index contributed by atoms with van der Waals surface area (Å²) in [6, 6.07) is 5.74. The maximum atomic E-state index is 12.4. The lowest BCUT2D eigenvalue weighted by molar-refractivity contribution is -0.145. The number of carboxylic acid groups (broad SMARTS) is 1. The molecule has 1 aromatic rings. The van der Waals surface area contributed by atoms with Crippen molar-refractivity contribution in [3.63, 3.8) is 0 Å². The number of likely N-dealkylation sites (tertiary alicyclic amines) is 1. The molecule has 1 saturated heterocycles. The zero-order chi connectivity index (χ0) is 19.3. The third kappa shape index (κ3) is 5.42. The van der Waals surface area contributed by atoms with Gasteiger partial charge in [0.15, 0.2) is 0 Å². The van der Waals surface area contributed by atoms with Crippen LogP contribution < -0.4 is 0 Å². The van der Waals surface area contributed by atoms with Crippen LogP contribution in [0.4, 0.5) is 8.78 Å². The molecule has 1 atom stereocenters. The molecule has 1 N–H and O–H groups in total. The van der Waals surface area contributed by atoms with Gasteiger partial charge < -0.3 is 14.9 Å². The standard InChI is InChI=1S/C17H20F2N2O4S/c1-20(10-14(22)21-8-2-3-12(9-21)16(24)25)15(23)11-4-6-13(7-5-11)26-17(18)19/h4-7,12,17H,2-3,8-10H2,1H3,(H,24,25). The number of carboxylic acids is 1. The number of benzene rings is 1. The highest BCUT2D eigenvalue weighted by atomic mass is 32.2. The number of rotatable bonds is 6. The average molecular weight is 386 g/mol. The van der Waals surface area contributed by atoms with E-state index in [1.54, 1.807) is 0 Å². The summed E-state index contributed by atoms with van der Waals surface area (Å²) < 4.78 is 24.6. The molecule has 1 aliphatic heterocycles. The normalized spacial score (nSPS) is 17.2. The van der Waals surface area contributed by atoms with Crippen LogP contribution in [0.5, 0.6) is 0 Å². The van der Waals surface area contributed by atoms with Crippen molar-refractivity contribution in [2.75, 3.05) is 26.7 Å². The number of hydrogen-bond acceptors (Lipinski definition) is 4. The number of likely N-dealkylation sites (N-methyl/N-ethyl adjacent to an activating group) is 1. The fourth-order valence-corrected chi connectivity index (χ4v) is 3.28. The Hall–Kier alpha value is -2.16. The van der Waals surface area contributed by atoms with Crippen LogP contribution in [0.3, 0.4) is 0 Å². The van der Waals surface area contributed by atoms with Crippen molar-refractivity contribution in [1.29, 1.82) is 0 Å². The highest BCUT2D eigenvalue weighted by Crippen LogP contribution is 2.25. The van der Waals surface area contributed by atoms with Gasteiger partial charge in [0.25, 0.3) is 11.7 Å². The first kappa shape index (κ1) is 20.2. The third-order valence-electron chi connectivity index (χ3n) is 4.17. The van der Waals surface area contributed by atoms with Crippen molar-refractivity contribution < 1.29 is 28.3 Å². The van der Waals surface area contributed by atoms with E-state index >= 15 is 0 Å². The minimum Gasteiger partial charge on any atom is -0.481 e. The van der Waals surface area contributed by atoms with E-state index in [-0.39, 0.29) is 19.0 Å². The smallest absolute Gasteiger partial charge is 0.308 e. The quantitative estimate of drug-likeness (QED) is 0.760. The van der Waals surface area contributed by atoms with Gasteiger partial charge in [-0.3, -0.25) is 14.4 Å². The second-order valence-electron chi connectivity index (χ2n) is 6.08. The molecule has 0 radical (unpaired) electrons. The molecule has 26 heavy (non-hydrogen) atoms. The van der Waals surface area contributed by atoms with Gasteiger partial charge in [0.05, 0.1) is 12.5 Å². The summed E-state index contributed by atoms with van der Waals surface area (Å²) in [5.74, 6) is -4.74. The third-order valence-corrected chi connectivity index (χ3v) is 4.89. The van der Waals surface area contributed by atoms with Gasteiger partial charge >= 0.3 is 5.97 Å². The molecule has 0 bridgehead atoms. The van der Waals surface area contributed by atoms with Crippen molar-refractivity contribution in [2.45, 2.75) is 23.5 Å². The molecule has 0 aliphatic carbocycles. The van der Waals surface area contributed by atoms with Crippen molar-refractivity contribution >= 4 is 29.5 Å². The summed E-state index contributed by atoms with van der Waals surface area (Å²) in [6.45, 7) is 0.457. The van der Waals surface area contributed by atoms with Crippen LogP contribution in [0.1, 0.15) is 23.2 Å². The number of aliphatic carboxylic acids is 1. The minimum absolute atomic E-state index is 0.149. The molecule has 0 spiro atoms. The number of nitrogens with zero attached hydrogens (tertiary/aromatic N) is 2. The Balaban J connectivity index is 1.93. The number of thioether (sulfide) groups is 1. The molecule has 2 amide bonds. The Bertz CT molecular complexity index is 669. The highest BCUT2D eigenvalue weighted by Gasteiger charge is 2.29. The van der Waals surface area contributed by atoms with E-state index < -0.39 is 23.6 Å². The van der Waals surface area contributed by atoms with Gasteiger partial charge in [-0.1, -0.05) is 11.8 Å². The Morgan fingerprint density at radius 1 is 1.31 bits per heavy atom. The molecule has 142 valence electrons. The minimum atomic E-state index is -2.53. The molecule has 6 nitrogen and oxygen atoms in total. The first-order valence-corrected chi connectivity index (χ1v) is 8.97. The molecule has 1 unspecified atom stereocenters. The largest absolute Gasteiger partial charge is 0.481 e. The SMILES string of the molecule is CN(CC(=O)N1CCCC(C(=O)O)C1)C(=O)c1ccc(SC(F)F)cc1. The summed E-state index contributed by atoms with van der Waals surface area (Å²) >= 11 is 0.392. The summed E-state index contributed by atoms with van der Waals surface area (Å²) in [7, 11) is 1.47. The predicted octanol–water partition coefficient (Wildman–Crippen LogP) is 2.40. The van der Waals surface area contributed by atoms with Crippen LogP contribution in [-0.2, 0) is 9.59 Å². The summed E-state index contributed by atoms with van der Waals surface area (Å²) in [4.78, 5) is 38.9. The number of halogens is 2. The maximum absolute atomic E-state index is 12.4. The van der Waals surface area contributed by atoms with Crippen LogP contribution in [0.15, 0.2) is 29.2 Å². The zero-order valence-electron chi connectivity index (χ0n) is 14.2. The molecular formula is C17H20F2N2O4S. The lowest BCUT2D eigenvalue weighted by Crippen LogP contribution is -2.46. The second kappa shape index (κ2) is 8.98. The van der Waals surface area contributed by atoms with Crippen LogP contribution >= 0.6 is 11.8 Å². The Kier molecular flexibility index (Phi) is 6.96. The summed E-state index contributed by atoms with van der Waals surface area (Å²) in [5, 5.41) is 9.08. The van der Waals surface area contributed by atoms with E-state index in [0.717, 1.165) is 0 Å². The second-order valence-corrected chi connectivity index (χ2v) is 7.14. The summed E-state index contributed by atoms with van der Waals surface area (Å²) in [5.41, 5.74) is 0.293. The monoisotopic (exact) mass is 386 g/mol. The van der Waals surface area contributed by atoms with Gasteiger partial charge in [-0.15, -0.1) is 0 Å². The van der Waals surface area contributed by atoms with Crippen LogP contribution in [0.25, 0.3) is 0 Å². The Labute approximate surface area is 154 Å². The molecule has 2 rings (SSSR count). The van der Waals surface area contributed by atoms with E-state index in [0.29, 0.717) is 41.6 Å². The van der Waals surface area contributed by atoms with Crippen molar-refractivity contribution in [2.24, 2.45) is 5.92 Å². The number of piperidine rings is 1. The van der Waals surface area contributed by atoms with Gasteiger partial charge in [-0.25, -0.2) is 0 Å². The maximum Gasteiger partial charge on any atom is 0.308 e. The van der Waals surface area contributed by atoms with Crippen LogP contribution in [-0.4, -0.2) is 65.1 Å². The Morgan fingerprint density at radius 2 is 1.96 bits per heavy atom. The van der Waals surface area contributed by atoms with E-state index in [1.807, 2.05) is 0 Å². The fraction of sp³-hybridized carbons (Fsp3) is 0.471. The van der Waals surface area contributed by atoms with E-state index in [2.05, 4.69) is 0 Å². The molecule has 0 saturated carbocycles. The number of hydrogen-bond donors (Lipinski definition) is 1. The lowest BCUT2D eigenvalue weighted by atomic mass is 9.98. The molecule has 1 aliphatic rings. The number of carbonyl (C=O) groups excluding carboxylic acids is 2.